The number of benzene rings is 3. The number of carbonyl (C=O) groups is 3. The van der Waals surface area contributed by atoms with Crippen LogP contribution in [0.15, 0.2) is 78.9 Å². The third-order valence-electron chi connectivity index (χ3n) is 7.97. The van der Waals surface area contributed by atoms with E-state index >= 15 is 0 Å². The lowest BCUT2D eigenvalue weighted by atomic mass is 9.98. The molecule has 42 heavy (non-hydrogen) atoms. The van der Waals surface area contributed by atoms with E-state index in [4.69, 9.17) is 9.47 Å². The zero-order chi connectivity index (χ0) is 29.5. The molecule has 1 aliphatic heterocycles. The first-order valence-electron chi connectivity index (χ1n) is 14.4. The van der Waals surface area contributed by atoms with Crippen LogP contribution < -0.4 is 5.32 Å². The lowest BCUT2D eigenvalue weighted by molar-refractivity contribution is -0.138. The van der Waals surface area contributed by atoms with Crippen LogP contribution in [0.2, 0.25) is 0 Å². The molecule has 0 saturated carbocycles. The summed E-state index contributed by atoms with van der Waals surface area (Å²) in [5.41, 5.74) is 5.44. The summed E-state index contributed by atoms with van der Waals surface area (Å²) >= 11 is 0. The van der Waals surface area contributed by atoms with Gasteiger partial charge in [0.1, 0.15) is 12.6 Å². The Morgan fingerprint density at radius 1 is 0.881 bits per heavy atom. The second kappa shape index (κ2) is 13.6. The smallest absolute Gasteiger partial charge is 0.407 e. The molecule has 3 aromatic carbocycles. The Labute approximate surface area is 246 Å². The number of ether oxygens (including phenoxy) is 2. The first-order valence-corrected chi connectivity index (χ1v) is 14.4. The molecule has 2 N–H and O–H groups in total. The van der Waals surface area contributed by atoms with Crippen molar-refractivity contribution >= 4 is 18.0 Å². The molecule has 2 unspecified atom stereocenters. The molecule has 5 rings (SSSR count). The number of amides is 2. The van der Waals surface area contributed by atoms with Crippen LogP contribution >= 0.6 is 0 Å². The van der Waals surface area contributed by atoms with Crippen LogP contribution in [0, 0.1) is 0 Å². The van der Waals surface area contributed by atoms with Gasteiger partial charge in [0.25, 0.3) is 0 Å². The highest BCUT2D eigenvalue weighted by molar-refractivity contribution is 5.86. The average Bonchev–Trinajstić information content (AvgIpc) is 3.13. The Kier molecular flexibility index (Phi) is 9.51. The SMILES string of the molecule is CC(OCc1ccccc1)C(NC(=O)OCC1c2ccccc2-c2ccccc21)C(=O)N1CCCN(CC(=O)O)CC1. The summed E-state index contributed by atoms with van der Waals surface area (Å²) in [4.78, 5) is 41.7. The van der Waals surface area contributed by atoms with E-state index in [1.165, 1.54) is 0 Å². The fourth-order valence-corrected chi connectivity index (χ4v) is 5.78. The summed E-state index contributed by atoms with van der Waals surface area (Å²) in [5.74, 6) is -1.27. The van der Waals surface area contributed by atoms with Crippen LogP contribution in [-0.4, -0.2) is 84.4 Å². The van der Waals surface area contributed by atoms with E-state index in [0.29, 0.717) is 32.6 Å². The molecule has 1 fully saturated rings. The number of aliphatic carboxylic acids is 1. The Morgan fingerprint density at radius 3 is 2.19 bits per heavy atom. The van der Waals surface area contributed by atoms with Crippen LogP contribution in [-0.2, 0) is 25.7 Å². The summed E-state index contributed by atoms with van der Waals surface area (Å²) in [6, 6.07) is 24.9. The first-order chi connectivity index (χ1) is 20.4. The lowest BCUT2D eigenvalue weighted by Gasteiger charge is -2.30. The van der Waals surface area contributed by atoms with E-state index in [1.54, 1.807) is 11.8 Å². The molecule has 0 spiro atoms. The van der Waals surface area contributed by atoms with Gasteiger partial charge in [-0.25, -0.2) is 4.79 Å². The quantitative estimate of drug-likeness (QED) is 0.377. The van der Waals surface area contributed by atoms with E-state index < -0.39 is 24.2 Å². The van der Waals surface area contributed by atoms with Gasteiger partial charge in [0.15, 0.2) is 0 Å². The standard InChI is InChI=1S/C33H37N3O6/c1-23(41-21-24-10-3-2-4-11-24)31(32(39)36-17-9-16-35(18-19-36)20-30(37)38)34-33(40)42-22-29-27-14-7-5-12-25(27)26-13-6-8-15-28(26)29/h2-8,10-15,23,29,31H,9,16-22H2,1H3,(H,34,40)(H,37,38). The molecule has 2 atom stereocenters. The first kappa shape index (κ1) is 29.3. The Morgan fingerprint density at radius 2 is 1.52 bits per heavy atom. The highest BCUT2D eigenvalue weighted by Crippen LogP contribution is 2.44. The number of carbonyl (C=O) groups excluding carboxylic acids is 2. The van der Waals surface area contributed by atoms with Crippen molar-refractivity contribution in [1.29, 1.82) is 0 Å². The van der Waals surface area contributed by atoms with Crippen molar-refractivity contribution in [2.75, 3.05) is 39.3 Å². The predicted octanol–water partition coefficient (Wildman–Crippen LogP) is 4.12. The van der Waals surface area contributed by atoms with Gasteiger partial charge in [-0.1, -0.05) is 78.9 Å². The molecule has 1 saturated heterocycles. The summed E-state index contributed by atoms with van der Waals surface area (Å²) in [5, 5.41) is 12.0. The molecule has 9 heteroatoms. The third-order valence-corrected chi connectivity index (χ3v) is 7.97. The highest BCUT2D eigenvalue weighted by atomic mass is 16.5. The van der Waals surface area contributed by atoms with Gasteiger partial charge in [0.05, 0.1) is 19.3 Å². The maximum absolute atomic E-state index is 13.8. The molecule has 2 aliphatic rings. The molecular weight excluding hydrogens is 534 g/mol. The Bertz CT molecular complexity index is 1350. The van der Waals surface area contributed by atoms with Crippen molar-refractivity contribution in [1.82, 2.24) is 15.1 Å². The maximum Gasteiger partial charge on any atom is 0.407 e. The fraction of sp³-hybridized carbons (Fsp3) is 0.364. The number of hydrogen-bond acceptors (Lipinski definition) is 6. The van der Waals surface area contributed by atoms with Crippen molar-refractivity contribution in [2.45, 2.75) is 38.0 Å². The van der Waals surface area contributed by atoms with Gasteiger partial charge in [-0.3, -0.25) is 14.5 Å². The van der Waals surface area contributed by atoms with Crippen LogP contribution in [0.3, 0.4) is 0 Å². The fourth-order valence-electron chi connectivity index (χ4n) is 5.78. The minimum absolute atomic E-state index is 0.0694. The maximum atomic E-state index is 13.8. The molecule has 3 aromatic rings. The number of fused-ring (bicyclic) bond motifs is 3. The molecule has 220 valence electrons. The van der Waals surface area contributed by atoms with Gasteiger partial charge in [-0.05, 0) is 41.2 Å². The van der Waals surface area contributed by atoms with Gasteiger partial charge in [0, 0.05) is 32.1 Å². The van der Waals surface area contributed by atoms with Gasteiger partial charge in [-0.15, -0.1) is 0 Å². The third kappa shape index (κ3) is 6.98. The predicted molar refractivity (Wildman–Crippen MR) is 158 cm³/mol. The van der Waals surface area contributed by atoms with Crippen LogP contribution in [0.1, 0.15) is 36.0 Å². The van der Waals surface area contributed by atoms with Crippen molar-refractivity contribution in [2.24, 2.45) is 0 Å². The minimum atomic E-state index is -0.976. The monoisotopic (exact) mass is 571 g/mol. The molecular formula is C33H37N3O6. The van der Waals surface area contributed by atoms with Crippen molar-refractivity contribution in [3.05, 3.63) is 95.6 Å². The Hall–Kier alpha value is -4.21. The second-order valence-corrected chi connectivity index (χ2v) is 10.8. The Balaban J connectivity index is 1.27. The highest BCUT2D eigenvalue weighted by Gasteiger charge is 2.34. The van der Waals surface area contributed by atoms with Gasteiger partial charge in [-0.2, -0.15) is 0 Å². The number of rotatable bonds is 10. The number of nitrogens with one attached hydrogen (secondary N) is 1. The molecule has 0 bridgehead atoms. The minimum Gasteiger partial charge on any atom is -0.480 e. The topological polar surface area (TPSA) is 108 Å². The summed E-state index contributed by atoms with van der Waals surface area (Å²) in [7, 11) is 0. The zero-order valence-electron chi connectivity index (χ0n) is 23.8. The molecule has 0 aromatic heterocycles. The van der Waals surface area contributed by atoms with Gasteiger partial charge < -0.3 is 24.8 Å². The number of alkyl carbamates (subject to hydrolysis) is 1. The van der Waals surface area contributed by atoms with E-state index in [9.17, 15) is 19.5 Å². The number of hydrogen-bond donors (Lipinski definition) is 2. The molecule has 9 nitrogen and oxygen atoms in total. The van der Waals surface area contributed by atoms with Gasteiger partial charge >= 0.3 is 12.1 Å². The van der Waals surface area contributed by atoms with Gasteiger partial charge in [0.2, 0.25) is 5.91 Å². The van der Waals surface area contributed by atoms with E-state index in [2.05, 4.69) is 29.6 Å². The molecule has 1 heterocycles. The largest absolute Gasteiger partial charge is 0.480 e. The van der Waals surface area contributed by atoms with Crippen molar-refractivity contribution in [3.63, 3.8) is 0 Å². The van der Waals surface area contributed by atoms with E-state index in [1.807, 2.05) is 59.5 Å². The normalized spacial score (nSPS) is 16.5. The molecule has 1 aliphatic carbocycles. The average molecular weight is 572 g/mol. The van der Waals surface area contributed by atoms with Crippen molar-refractivity contribution in [3.8, 4) is 11.1 Å². The van der Waals surface area contributed by atoms with E-state index in [0.717, 1.165) is 27.8 Å². The second-order valence-electron chi connectivity index (χ2n) is 10.8. The number of carboxylic acids is 1. The van der Waals surface area contributed by atoms with Crippen molar-refractivity contribution < 1.29 is 29.0 Å². The summed E-state index contributed by atoms with van der Waals surface area (Å²) in [6.45, 7) is 3.96. The molecule has 0 radical (unpaired) electrons. The lowest BCUT2D eigenvalue weighted by Crippen LogP contribution is -2.55. The number of nitrogens with zero attached hydrogens (tertiary/aromatic N) is 2. The van der Waals surface area contributed by atoms with Crippen LogP contribution in [0.5, 0.6) is 0 Å². The zero-order valence-corrected chi connectivity index (χ0v) is 23.8. The van der Waals surface area contributed by atoms with E-state index in [-0.39, 0.29) is 31.6 Å². The summed E-state index contributed by atoms with van der Waals surface area (Å²) < 4.78 is 11.8. The number of carboxylic acid groups (broad SMARTS) is 1. The molecule has 2 amide bonds. The van der Waals surface area contributed by atoms with Crippen LogP contribution in [0.4, 0.5) is 4.79 Å². The summed E-state index contributed by atoms with van der Waals surface area (Å²) in [6.07, 6.45) is -0.695. The van der Waals surface area contributed by atoms with Crippen LogP contribution in [0.25, 0.3) is 11.1 Å².